The van der Waals surface area contributed by atoms with Crippen molar-refractivity contribution in [2.45, 2.75) is 0 Å². The molecule has 3 aromatic rings. The van der Waals surface area contributed by atoms with Gasteiger partial charge in [0.25, 0.3) is 0 Å². The first-order valence-corrected chi connectivity index (χ1v) is 6.46. The van der Waals surface area contributed by atoms with Crippen LogP contribution in [-0.2, 0) is 0 Å². The summed E-state index contributed by atoms with van der Waals surface area (Å²) in [5.41, 5.74) is 7.32. The van der Waals surface area contributed by atoms with Crippen LogP contribution in [0, 0.1) is 0 Å². The van der Waals surface area contributed by atoms with Crippen molar-refractivity contribution in [1.29, 1.82) is 0 Å². The van der Waals surface area contributed by atoms with E-state index in [0.717, 1.165) is 20.7 Å². The van der Waals surface area contributed by atoms with Gasteiger partial charge in [0, 0.05) is 6.20 Å². The number of aromatic nitrogens is 3. The molecule has 0 atom stereocenters. The van der Waals surface area contributed by atoms with Gasteiger partial charge in [0.15, 0.2) is 5.82 Å². The molecule has 3 rings (SSSR count). The third-order valence-corrected chi connectivity index (χ3v) is 3.67. The topological polar surface area (TPSA) is 56.7 Å². The summed E-state index contributed by atoms with van der Waals surface area (Å²) in [6, 6.07) is 9.38. The number of nitrogens with two attached hydrogens (primary N) is 1. The lowest BCUT2D eigenvalue weighted by Crippen LogP contribution is -1.96. The van der Waals surface area contributed by atoms with Gasteiger partial charge in [0.05, 0.1) is 21.1 Å². The van der Waals surface area contributed by atoms with Crippen molar-refractivity contribution < 1.29 is 0 Å². The number of hydrogen-bond donors (Lipinski definition) is 1. The van der Waals surface area contributed by atoms with E-state index in [1.165, 1.54) is 11.3 Å². The Morgan fingerprint density at radius 2 is 2.11 bits per heavy atom. The summed E-state index contributed by atoms with van der Waals surface area (Å²) in [6.45, 7) is 0. The molecule has 0 amide bonds. The number of pyridine rings is 1. The highest BCUT2D eigenvalue weighted by Crippen LogP contribution is 2.33. The maximum absolute atomic E-state index is 5.97. The van der Waals surface area contributed by atoms with Crippen molar-refractivity contribution in [2.24, 2.45) is 0 Å². The molecule has 18 heavy (non-hydrogen) atoms. The minimum Gasteiger partial charge on any atom is -0.396 e. The first-order valence-electron chi connectivity index (χ1n) is 5.26. The Hall–Kier alpha value is -1.85. The molecule has 0 unspecified atom stereocenters. The normalized spacial score (nSPS) is 10.7. The SMILES string of the molecule is Nc1cn(-c2ccccn2)nc1-c1ccc(Cl)s1. The Morgan fingerprint density at radius 1 is 1.22 bits per heavy atom. The van der Waals surface area contributed by atoms with E-state index in [2.05, 4.69) is 10.1 Å². The molecular formula is C12H9ClN4S. The molecule has 0 aliphatic rings. The minimum atomic E-state index is 0.610. The molecule has 6 heteroatoms. The molecule has 0 aromatic carbocycles. The molecule has 0 saturated carbocycles. The molecule has 0 radical (unpaired) electrons. The van der Waals surface area contributed by atoms with E-state index in [-0.39, 0.29) is 0 Å². The van der Waals surface area contributed by atoms with E-state index in [0.29, 0.717) is 5.69 Å². The van der Waals surface area contributed by atoms with Crippen LogP contribution < -0.4 is 5.73 Å². The average Bonchev–Trinajstić information content (AvgIpc) is 2.97. The zero-order valence-electron chi connectivity index (χ0n) is 9.25. The smallest absolute Gasteiger partial charge is 0.153 e. The highest BCUT2D eigenvalue weighted by molar-refractivity contribution is 7.19. The fourth-order valence-electron chi connectivity index (χ4n) is 1.63. The predicted molar refractivity (Wildman–Crippen MR) is 74.1 cm³/mol. The fourth-order valence-corrected chi connectivity index (χ4v) is 2.68. The van der Waals surface area contributed by atoms with Crippen molar-refractivity contribution in [3.8, 4) is 16.4 Å². The van der Waals surface area contributed by atoms with Gasteiger partial charge in [-0.2, -0.15) is 5.10 Å². The van der Waals surface area contributed by atoms with Crippen LogP contribution in [0.4, 0.5) is 5.69 Å². The zero-order valence-corrected chi connectivity index (χ0v) is 10.8. The van der Waals surface area contributed by atoms with Crippen molar-refractivity contribution in [1.82, 2.24) is 14.8 Å². The van der Waals surface area contributed by atoms with Crippen molar-refractivity contribution in [3.05, 3.63) is 47.1 Å². The van der Waals surface area contributed by atoms with Gasteiger partial charge in [-0.05, 0) is 24.3 Å². The number of nitrogen functional groups attached to an aromatic ring is 1. The first-order chi connectivity index (χ1) is 8.74. The molecule has 0 saturated heterocycles. The molecule has 0 aliphatic heterocycles. The summed E-state index contributed by atoms with van der Waals surface area (Å²) in [7, 11) is 0. The maximum Gasteiger partial charge on any atom is 0.153 e. The number of nitrogens with zero attached hydrogens (tertiary/aromatic N) is 3. The Balaban J connectivity index is 2.06. The van der Waals surface area contributed by atoms with Crippen LogP contribution in [0.3, 0.4) is 0 Å². The molecular weight excluding hydrogens is 268 g/mol. The van der Waals surface area contributed by atoms with Crippen molar-refractivity contribution >= 4 is 28.6 Å². The van der Waals surface area contributed by atoms with Gasteiger partial charge in [-0.25, -0.2) is 9.67 Å². The number of hydrogen-bond acceptors (Lipinski definition) is 4. The number of thiophene rings is 1. The molecule has 0 bridgehead atoms. The summed E-state index contributed by atoms with van der Waals surface area (Å²) >= 11 is 7.37. The van der Waals surface area contributed by atoms with E-state index in [4.69, 9.17) is 17.3 Å². The van der Waals surface area contributed by atoms with E-state index >= 15 is 0 Å². The summed E-state index contributed by atoms with van der Waals surface area (Å²) in [5, 5.41) is 4.44. The van der Waals surface area contributed by atoms with Gasteiger partial charge in [0.1, 0.15) is 5.69 Å². The first kappa shape index (κ1) is 11.3. The Labute approximate surface area is 113 Å². The highest BCUT2D eigenvalue weighted by atomic mass is 35.5. The maximum atomic E-state index is 5.97. The largest absolute Gasteiger partial charge is 0.396 e. The van der Waals surface area contributed by atoms with Crippen LogP contribution in [0.2, 0.25) is 4.34 Å². The summed E-state index contributed by atoms with van der Waals surface area (Å²) in [4.78, 5) is 5.18. The number of rotatable bonds is 2. The molecule has 2 N–H and O–H groups in total. The summed E-state index contributed by atoms with van der Waals surface area (Å²) < 4.78 is 2.38. The predicted octanol–water partition coefficient (Wildman–Crippen LogP) is 3.23. The lowest BCUT2D eigenvalue weighted by molar-refractivity contribution is 0.851. The van der Waals surface area contributed by atoms with Crippen LogP contribution in [0.5, 0.6) is 0 Å². The molecule has 3 heterocycles. The van der Waals surface area contributed by atoms with Gasteiger partial charge in [-0.3, -0.25) is 0 Å². The molecule has 3 aromatic heterocycles. The molecule has 0 spiro atoms. The van der Waals surface area contributed by atoms with Crippen LogP contribution in [0.1, 0.15) is 0 Å². The number of anilines is 1. The molecule has 4 nitrogen and oxygen atoms in total. The molecule has 0 fully saturated rings. The van der Waals surface area contributed by atoms with Crippen LogP contribution in [0.15, 0.2) is 42.7 Å². The Morgan fingerprint density at radius 3 is 2.78 bits per heavy atom. The van der Waals surface area contributed by atoms with Crippen molar-refractivity contribution in [2.75, 3.05) is 5.73 Å². The quantitative estimate of drug-likeness (QED) is 0.782. The Bertz CT molecular complexity index is 674. The van der Waals surface area contributed by atoms with E-state index in [9.17, 15) is 0 Å². The summed E-state index contributed by atoms with van der Waals surface area (Å²) in [6.07, 6.45) is 3.47. The van der Waals surface area contributed by atoms with E-state index in [1.807, 2.05) is 30.3 Å². The lowest BCUT2D eigenvalue weighted by Gasteiger charge is -1.97. The van der Waals surface area contributed by atoms with Gasteiger partial charge < -0.3 is 5.73 Å². The Kier molecular flexibility index (Phi) is 2.77. The van der Waals surface area contributed by atoms with Gasteiger partial charge in [-0.15, -0.1) is 11.3 Å². The van der Waals surface area contributed by atoms with Crippen LogP contribution in [-0.4, -0.2) is 14.8 Å². The third kappa shape index (κ3) is 1.98. The van der Waals surface area contributed by atoms with E-state index < -0.39 is 0 Å². The standard InChI is InChI=1S/C12H9ClN4S/c13-10-5-4-9(18-10)12-8(14)7-17(16-12)11-3-1-2-6-15-11/h1-7H,14H2. The second-order valence-electron chi connectivity index (χ2n) is 3.67. The monoisotopic (exact) mass is 276 g/mol. The van der Waals surface area contributed by atoms with Crippen LogP contribution >= 0.6 is 22.9 Å². The second kappa shape index (κ2) is 4.44. The minimum absolute atomic E-state index is 0.610. The number of halogens is 1. The third-order valence-electron chi connectivity index (χ3n) is 2.43. The van der Waals surface area contributed by atoms with Gasteiger partial charge in [-0.1, -0.05) is 17.7 Å². The summed E-state index contributed by atoms with van der Waals surface area (Å²) in [5.74, 6) is 0.734. The van der Waals surface area contributed by atoms with Crippen LogP contribution in [0.25, 0.3) is 16.4 Å². The van der Waals surface area contributed by atoms with E-state index in [1.54, 1.807) is 17.1 Å². The zero-order chi connectivity index (χ0) is 12.5. The molecule has 90 valence electrons. The fraction of sp³-hybridized carbons (Fsp3) is 0. The average molecular weight is 277 g/mol. The lowest BCUT2D eigenvalue weighted by atomic mass is 10.3. The second-order valence-corrected chi connectivity index (χ2v) is 5.38. The molecule has 0 aliphatic carbocycles. The van der Waals surface area contributed by atoms with Gasteiger partial charge in [0.2, 0.25) is 0 Å². The highest BCUT2D eigenvalue weighted by Gasteiger charge is 2.11. The van der Waals surface area contributed by atoms with Gasteiger partial charge >= 0.3 is 0 Å². The van der Waals surface area contributed by atoms with Crippen molar-refractivity contribution in [3.63, 3.8) is 0 Å².